The van der Waals surface area contributed by atoms with E-state index in [1.807, 2.05) is 0 Å². The normalized spacial score (nSPS) is 11.6. The first-order chi connectivity index (χ1) is 14.6. The highest BCUT2D eigenvalue weighted by Gasteiger charge is 2.18. The SMILES string of the molecule is CCOC(=O)C(C)=Cc1cc(F)c(Oc2ccc(S(=O)(=O)NC(=O)NC)cc2)c(F)c1. The van der Waals surface area contributed by atoms with Crippen LogP contribution in [0.15, 0.2) is 46.9 Å². The van der Waals surface area contributed by atoms with Gasteiger partial charge in [0.2, 0.25) is 0 Å². The Labute approximate surface area is 177 Å². The van der Waals surface area contributed by atoms with Crippen LogP contribution in [0.5, 0.6) is 11.5 Å². The molecule has 2 rings (SSSR count). The van der Waals surface area contributed by atoms with Gasteiger partial charge < -0.3 is 14.8 Å². The topological polar surface area (TPSA) is 111 Å². The molecule has 0 atom stereocenters. The molecule has 0 fully saturated rings. The number of hydrogen-bond acceptors (Lipinski definition) is 6. The summed E-state index contributed by atoms with van der Waals surface area (Å²) in [5.41, 5.74) is 0.256. The highest BCUT2D eigenvalue weighted by molar-refractivity contribution is 7.90. The maximum atomic E-state index is 14.4. The second-order valence-electron chi connectivity index (χ2n) is 6.12. The van der Waals surface area contributed by atoms with Crippen LogP contribution < -0.4 is 14.8 Å². The van der Waals surface area contributed by atoms with Crippen LogP contribution in [0.1, 0.15) is 19.4 Å². The van der Waals surface area contributed by atoms with Gasteiger partial charge in [-0.3, -0.25) is 0 Å². The van der Waals surface area contributed by atoms with Crippen LogP contribution in [0.4, 0.5) is 13.6 Å². The van der Waals surface area contributed by atoms with Crippen molar-refractivity contribution in [3.05, 3.63) is 59.2 Å². The van der Waals surface area contributed by atoms with Crippen LogP contribution in [0.25, 0.3) is 6.08 Å². The first-order valence-electron chi connectivity index (χ1n) is 8.94. The van der Waals surface area contributed by atoms with Gasteiger partial charge in [-0.25, -0.2) is 31.5 Å². The summed E-state index contributed by atoms with van der Waals surface area (Å²) in [4.78, 5) is 22.6. The molecule has 166 valence electrons. The molecule has 0 aliphatic heterocycles. The monoisotopic (exact) mass is 454 g/mol. The van der Waals surface area contributed by atoms with Gasteiger partial charge in [0.05, 0.1) is 11.5 Å². The van der Waals surface area contributed by atoms with Crippen molar-refractivity contribution in [3.63, 3.8) is 0 Å². The molecule has 11 heteroatoms. The van der Waals surface area contributed by atoms with E-state index in [1.165, 1.54) is 32.2 Å². The van der Waals surface area contributed by atoms with E-state index in [2.05, 4.69) is 5.32 Å². The van der Waals surface area contributed by atoms with Crippen molar-refractivity contribution in [2.75, 3.05) is 13.7 Å². The zero-order chi connectivity index (χ0) is 23.2. The minimum atomic E-state index is -4.12. The van der Waals surface area contributed by atoms with E-state index in [0.717, 1.165) is 24.3 Å². The molecular formula is C20H20F2N2O6S. The molecule has 0 heterocycles. The van der Waals surface area contributed by atoms with E-state index in [1.54, 1.807) is 11.6 Å². The summed E-state index contributed by atoms with van der Waals surface area (Å²) in [6.07, 6.45) is 1.27. The molecule has 0 bridgehead atoms. The Hall–Kier alpha value is -3.47. The Balaban J connectivity index is 2.23. The third-order valence-electron chi connectivity index (χ3n) is 3.81. The fourth-order valence-electron chi connectivity index (χ4n) is 2.35. The third kappa shape index (κ3) is 6.25. The van der Waals surface area contributed by atoms with Crippen LogP contribution >= 0.6 is 0 Å². The molecule has 2 N–H and O–H groups in total. The summed E-state index contributed by atoms with van der Waals surface area (Å²) in [5, 5.41) is 2.11. The first kappa shape index (κ1) is 23.8. The number of amides is 2. The van der Waals surface area contributed by atoms with Crippen LogP contribution in [0, 0.1) is 11.6 Å². The summed E-state index contributed by atoms with van der Waals surface area (Å²) in [5.74, 6) is -3.40. The van der Waals surface area contributed by atoms with E-state index < -0.39 is 39.4 Å². The van der Waals surface area contributed by atoms with Gasteiger partial charge in [0, 0.05) is 12.6 Å². The second-order valence-corrected chi connectivity index (χ2v) is 7.80. The Kier molecular flexibility index (Phi) is 7.70. The highest BCUT2D eigenvalue weighted by Crippen LogP contribution is 2.30. The fraction of sp³-hybridized carbons (Fsp3) is 0.200. The van der Waals surface area contributed by atoms with Crippen molar-refractivity contribution in [1.82, 2.24) is 10.0 Å². The number of halogens is 2. The number of carbonyl (C=O) groups is 2. The molecule has 0 aliphatic rings. The highest BCUT2D eigenvalue weighted by atomic mass is 32.2. The number of hydrogen-bond donors (Lipinski definition) is 2. The predicted octanol–water partition coefficient (Wildman–Crippen LogP) is 3.34. The van der Waals surface area contributed by atoms with Gasteiger partial charge in [0.25, 0.3) is 10.0 Å². The number of sulfonamides is 1. The number of esters is 1. The molecule has 2 aromatic rings. The van der Waals surface area contributed by atoms with E-state index >= 15 is 0 Å². The van der Waals surface area contributed by atoms with E-state index in [0.29, 0.717) is 0 Å². The zero-order valence-corrected chi connectivity index (χ0v) is 17.7. The van der Waals surface area contributed by atoms with E-state index in [-0.39, 0.29) is 28.4 Å². The Morgan fingerprint density at radius 3 is 2.19 bits per heavy atom. The number of ether oxygens (including phenoxy) is 2. The summed E-state index contributed by atoms with van der Waals surface area (Å²) in [6, 6.07) is 5.61. The lowest BCUT2D eigenvalue weighted by Crippen LogP contribution is -2.37. The summed E-state index contributed by atoms with van der Waals surface area (Å²) in [6.45, 7) is 3.26. The lowest BCUT2D eigenvalue weighted by atomic mass is 10.1. The Morgan fingerprint density at radius 2 is 1.68 bits per heavy atom. The molecule has 2 aromatic carbocycles. The van der Waals surface area contributed by atoms with Crippen molar-refractivity contribution in [1.29, 1.82) is 0 Å². The van der Waals surface area contributed by atoms with Gasteiger partial charge in [0.15, 0.2) is 17.4 Å². The number of nitrogens with one attached hydrogen (secondary N) is 2. The molecule has 0 spiro atoms. The number of urea groups is 1. The van der Waals surface area contributed by atoms with Crippen molar-refractivity contribution < 1.29 is 36.3 Å². The third-order valence-corrected chi connectivity index (χ3v) is 5.16. The van der Waals surface area contributed by atoms with Gasteiger partial charge in [-0.05, 0) is 61.9 Å². The van der Waals surface area contributed by atoms with Crippen LogP contribution in [-0.4, -0.2) is 34.1 Å². The largest absolute Gasteiger partial charge is 0.463 e. The zero-order valence-electron chi connectivity index (χ0n) is 16.9. The van der Waals surface area contributed by atoms with Crippen LogP contribution in [0.3, 0.4) is 0 Å². The maximum Gasteiger partial charge on any atom is 0.333 e. The van der Waals surface area contributed by atoms with Gasteiger partial charge in [-0.15, -0.1) is 0 Å². The molecule has 0 aromatic heterocycles. The van der Waals surface area contributed by atoms with Crippen molar-refractivity contribution in [3.8, 4) is 11.5 Å². The Bertz CT molecular complexity index is 1090. The van der Waals surface area contributed by atoms with Gasteiger partial charge >= 0.3 is 12.0 Å². The fourth-order valence-corrected chi connectivity index (χ4v) is 3.31. The molecule has 0 saturated heterocycles. The molecule has 0 saturated carbocycles. The van der Waals surface area contributed by atoms with Crippen LogP contribution in [-0.2, 0) is 19.6 Å². The number of carbonyl (C=O) groups excluding carboxylic acids is 2. The summed E-state index contributed by atoms with van der Waals surface area (Å²) >= 11 is 0. The van der Waals surface area contributed by atoms with Crippen molar-refractivity contribution >= 4 is 28.1 Å². The first-order valence-corrected chi connectivity index (χ1v) is 10.4. The van der Waals surface area contributed by atoms with Crippen molar-refractivity contribution in [2.45, 2.75) is 18.7 Å². The molecule has 8 nitrogen and oxygen atoms in total. The van der Waals surface area contributed by atoms with Crippen molar-refractivity contribution in [2.24, 2.45) is 0 Å². The predicted molar refractivity (Wildman–Crippen MR) is 108 cm³/mol. The van der Waals surface area contributed by atoms with E-state index in [4.69, 9.17) is 9.47 Å². The second kappa shape index (κ2) is 10.0. The minimum absolute atomic E-state index is 0.0392. The van der Waals surface area contributed by atoms with Gasteiger partial charge in [0.1, 0.15) is 5.75 Å². The average molecular weight is 454 g/mol. The van der Waals surface area contributed by atoms with Gasteiger partial charge in [-0.2, -0.15) is 0 Å². The lowest BCUT2D eigenvalue weighted by Gasteiger charge is -2.10. The standard InChI is InChI=1S/C20H20F2N2O6S/c1-4-29-19(25)12(2)9-13-10-16(21)18(17(22)11-13)30-14-5-7-15(8-6-14)31(27,28)24-20(26)23-3/h5-11H,4H2,1-3H3,(H2,23,24,26). The molecule has 2 amide bonds. The minimum Gasteiger partial charge on any atom is -0.463 e. The molecule has 0 unspecified atom stereocenters. The summed E-state index contributed by atoms with van der Waals surface area (Å²) < 4.78 is 64.6. The maximum absolute atomic E-state index is 14.4. The molecule has 31 heavy (non-hydrogen) atoms. The molecule has 0 aliphatic carbocycles. The number of benzene rings is 2. The summed E-state index contributed by atoms with van der Waals surface area (Å²) in [7, 11) is -2.86. The quantitative estimate of drug-likeness (QED) is 0.490. The molecular weight excluding hydrogens is 434 g/mol. The molecule has 0 radical (unpaired) electrons. The van der Waals surface area contributed by atoms with E-state index in [9.17, 15) is 26.8 Å². The Morgan fingerprint density at radius 1 is 1.10 bits per heavy atom. The number of rotatable bonds is 7. The smallest absolute Gasteiger partial charge is 0.333 e. The lowest BCUT2D eigenvalue weighted by molar-refractivity contribution is -0.138. The van der Waals surface area contributed by atoms with Gasteiger partial charge in [-0.1, -0.05) is 0 Å². The van der Waals surface area contributed by atoms with Crippen LogP contribution in [0.2, 0.25) is 0 Å². The average Bonchev–Trinajstić information content (AvgIpc) is 2.70.